The molecule has 6 heteroatoms. The lowest BCUT2D eigenvalue weighted by Crippen LogP contribution is -2.12. The molecule has 2 aromatic carbocycles. The first-order valence-corrected chi connectivity index (χ1v) is 12.9. The minimum Gasteiger partial charge on any atom is -0.262 e. The second-order valence-electron chi connectivity index (χ2n) is 9.30. The van der Waals surface area contributed by atoms with Crippen molar-refractivity contribution in [3.05, 3.63) is 157 Å². The Morgan fingerprint density at radius 3 is 1.30 bits per heavy atom. The van der Waals surface area contributed by atoms with E-state index >= 15 is 0 Å². The number of hydrogen-bond donors (Lipinski definition) is 0. The summed E-state index contributed by atoms with van der Waals surface area (Å²) in [5.41, 5.74) is 10.3. The Kier molecular flexibility index (Phi) is 6.03. The van der Waals surface area contributed by atoms with Crippen LogP contribution in [0.1, 0.15) is 22.5 Å². The lowest BCUT2D eigenvalue weighted by molar-refractivity contribution is 1.22. The maximum absolute atomic E-state index is 5.16. The van der Waals surface area contributed by atoms with Crippen LogP contribution in [0, 0.1) is 0 Å². The molecule has 1 aliphatic rings. The van der Waals surface area contributed by atoms with Crippen molar-refractivity contribution < 1.29 is 0 Å². The number of aliphatic imine (C=N–C) groups is 2. The van der Waals surface area contributed by atoms with Crippen molar-refractivity contribution in [2.24, 2.45) is 9.98 Å². The molecule has 0 N–H and O–H groups in total. The molecule has 0 aliphatic carbocycles. The Bertz CT molecular complexity index is 1750. The van der Waals surface area contributed by atoms with Crippen molar-refractivity contribution in [2.75, 3.05) is 0 Å². The predicted molar refractivity (Wildman–Crippen MR) is 158 cm³/mol. The van der Waals surface area contributed by atoms with Crippen molar-refractivity contribution in [2.45, 2.75) is 0 Å². The van der Waals surface area contributed by atoms with Gasteiger partial charge in [0.25, 0.3) is 0 Å². The summed E-state index contributed by atoms with van der Waals surface area (Å²) < 4.78 is 0. The molecule has 0 saturated carbocycles. The van der Waals surface area contributed by atoms with E-state index in [0.717, 1.165) is 44.8 Å². The zero-order chi connectivity index (χ0) is 26.7. The fourth-order valence-electron chi connectivity index (χ4n) is 4.84. The monoisotopic (exact) mass is 514 g/mol. The Morgan fingerprint density at radius 2 is 0.850 bits per heavy atom. The van der Waals surface area contributed by atoms with E-state index in [0.29, 0.717) is 22.8 Å². The van der Waals surface area contributed by atoms with E-state index in [1.807, 2.05) is 73.1 Å². The van der Waals surface area contributed by atoms with Crippen LogP contribution in [0.25, 0.3) is 22.3 Å². The van der Waals surface area contributed by atoms with Crippen LogP contribution in [-0.2, 0) is 0 Å². The molecule has 0 radical (unpaired) electrons. The molecule has 0 saturated heterocycles. The third-order valence-corrected chi connectivity index (χ3v) is 6.79. The quantitative estimate of drug-likeness (QED) is 0.248. The first kappa shape index (κ1) is 23.5. The second kappa shape index (κ2) is 10.3. The Morgan fingerprint density at radius 1 is 0.400 bits per heavy atom. The molecule has 6 aromatic rings. The molecule has 7 rings (SSSR count). The van der Waals surface area contributed by atoms with Gasteiger partial charge in [0.1, 0.15) is 0 Å². The summed E-state index contributed by atoms with van der Waals surface area (Å²) in [6.45, 7) is 0. The highest BCUT2D eigenvalue weighted by Gasteiger charge is 2.22. The fraction of sp³-hybridized carbons (Fsp3) is 0. The number of hydrogen-bond acceptors (Lipinski definition) is 6. The van der Waals surface area contributed by atoms with E-state index < -0.39 is 0 Å². The molecule has 0 fully saturated rings. The molecule has 5 heterocycles. The molecule has 0 bridgehead atoms. The molecule has 6 nitrogen and oxygen atoms in total. The lowest BCUT2D eigenvalue weighted by atomic mass is 9.98. The maximum atomic E-state index is 5.16. The molecule has 0 spiro atoms. The van der Waals surface area contributed by atoms with Crippen LogP contribution < -0.4 is 0 Å². The molecule has 0 atom stereocenters. The summed E-state index contributed by atoms with van der Waals surface area (Å²) in [4.78, 5) is 28.6. The van der Waals surface area contributed by atoms with Gasteiger partial charge in [0.05, 0.1) is 46.6 Å². The highest BCUT2D eigenvalue weighted by Crippen LogP contribution is 2.33. The minimum atomic E-state index is 0.692. The van der Waals surface area contributed by atoms with Gasteiger partial charge < -0.3 is 0 Å². The molecule has 4 aromatic heterocycles. The van der Waals surface area contributed by atoms with Gasteiger partial charge in [-0.25, -0.2) is 9.98 Å². The van der Waals surface area contributed by atoms with Gasteiger partial charge in [-0.15, -0.1) is 0 Å². The summed E-state index contributed by atoms with van der Waals surface area (Å²) in [6, 6.07) is 32.5. The predicted octanol–water partition coefficient (Wildman–Crippen LogP) is 7.25. The van der Waals surface area contributed by atoms with Crippen molar-refractivity contribution >= 4 is 22.8 Å². The molecule has 0 unspecified atom stereocenters. The van der Waals surface area contributed by atoms with Gasteiger partial charge >= 0.3 is 0 Å². The smallest absolute Gasteiger partial charge is 0.0989 e. The second-order valence-corrected chi connectivity index (χ2v) is 9.30. The number of pyridine rings is 4. The van der Waals surface area contributed by atoms with E-state index in [1.165, 1.54) is 0 Å². The number of rotatable bonds is 4. The van der Waals surface area contributed by atoms with E-state index in [-0.39, 0.29) is 0 Å². The van der Waals surface area contributed by atoms with E-state index in [2.05, 4.69) is 46.4 Å². The molecule has 188 valence electrons. The SMILES string of the molecule is c1ccc(-c2ccnc(/C3=N/c4cnccc4/C(c4cc(-c5ccccc5)ccn4)=N\c4cnccc43)c2)cc1. The zero-order valence-corrected chi connectivity index (χ0v) is 21.4. The highest BCUT2D eigenvalue weighted by molar-refractivity contribution is 6.21. The molecule has 1 aliphatic heterocycles. The first-order valence-electron chi connectivity index (χ1n) is 12.9. The fourth-order valence-corrected chi connectivity index (χ4v) is 4.84. The largest absolute Gasteiger partial charge is 0.262 e. The third kappa shape index (κ3) is 4.48. The topological polar surface area (TPSA) is 76.3 Å². The van der Waals surface area contributed by atoms with Gasteiger partial charge in [0, 0.05) is 35.9 Å². The molecule has 0 amide bonds. The van der Waals surface area contributed by atoms with Crippen LogP contribution in [0.15, 0.2) is 144 Å². The van der Waals surface area contributed by atoms with Crippen LogP contribution in [-0.4, -0.2) is 31.4 Å². The minimum absolute atomic E-state index is 0.692. The number of fused-ring (bicyclic) bond motifs is 2. The number of nitrogens with zero attached hydrogens (tertiary/aromatic N) is 6. The van der Waals surface area contributed by atoms with Crippen molar-refractivity contribution in [1.29, 1.82) is 0 Å². The van der Waals surface area contributed by atoms with Crippen LogP contribution in [0.5, 0.6) is 0 Å². The van der Waals surface area contributed by atoms with Gasteiger partial charge in [0.2, 0.25) is 0 Å². The molecular weight excluding hydrogens is 492 g/mol. The first-order chi connectivity index (χ1) is 19.8. The number of benzene rings is 2. The maximum Gasteiger partial charge on any atom is 0.0989 e. The van der Waals surface area contributed by atoms with Gasteiger partial charge in [-0.1, -0.05) is 60.7 Å². The molecular formula is C34H22N6. The molecule has 40 heavy (non-hydrogen) atoms. The number of aromatic nitrogens is 4. The van der Waals surface area contributed by atoms with Crippen LogP contribution in [0.3, 0.4) is 0 Å². The highest BCUT2D eigenvalue weighted by atomic mass is 14.9. The average Bonchev–Trinajstić information content (AvgIpc) is 3.03. The summed E-state index contributed by atoms with van der Waals surface area (Å²) in [7, 11) is 0. The van der Waals surface area contributed by atoms with Crippen LogP contribution in [0.4, 0.5) is 11.4 Å². The van der Waals surface area contributed by atoms with Crippen LogP contribution >= 0.6 is 0 Å². The van der Waals surface area contributed by atoms with Crippen LogP contribution in [0.2, 0.25) is 0 Å². The van der Waals surface area contributed by atoms with E-state index in [1.54, 1.807) is 24.8 Å². The van der Waals surface area contributed by atoms with E-state index in [9.17, 15) is 0 Å². The van der Waals surface area contributed by atoms with Crippen molar-refractivity contribution in [1.82, 2.24) is 19.9 Å². The lowest BCUT2D eigenvalue weighted by Gasteiger charge is -2.17. The third-order valence-electron chi connectivity index (χ3n) is 6.79. The Labute approximate surface area is 231 Å². The van der Waals surface area contributed by atoms with E-state index in [4.69, 9.17) is 20.0 Å². The van der Waals surface area contributed by atoms with Crippen molar-refractivity contribution in [3.63, 3.8) is 0 Å². The summed E-state index contributed by atoms with van der Waals surface area (Å²) in [5.74, 6) is 0. The Hall–Kier alpha value is -5.62. The standard InChI is InChI=1S/C34H22N6/c1-3-7-23(8-4-1)25-11-17-37-29(19-25)33-27-13-15-35-21-31(27)40-34(28-14-16-36-22-32(28)39-33)30-20-26(12-18-38-30)24-9-5-2-6-10-24/h1-22H/b33-27?,34-28?,39-32?,39-33+,40-31?,40-34+. The van der Waals surface area contributed by atoms with Gasteiger partial charge in [-0.2, -0.15) is 0 Å². The van der Waals surface area contributed by atoms with Gasteiger partial charge in [0.15, 0.2) is 0 Å². The summed E-state index contributed by atoms with van der Waals surface area (Å²) in [5, 5.41) is 0. The zero-order valence-electron chi connectivity index (χ0n) is 21.4. The Balaban J connectivity index is 1.41. The average molecular weight is 515 g/mol. The summed E-state index contributed by atoms with van der Waals surface area (Å²) >= 11 is 0. The normalized spacial score (nSPS) is 14.9. The summed E-state index contributed by atoms with van der Waals surface area (Å²) in [6.07, 6.45) is 10.7. The van der Waals surface area contributed by atoms with Gasteiger partial charge in [-0.05, 0) is 58.7 Å². The van der Waals surface area contributed by atoms with Crippen molar-refractivity contribution in [3.8, 4) is 22.3 Å². The van der Waals surface area contributed by atoms with Gasteiger partial charge in [-0.3, -0.25) is 19.9 Å².